The molecule has 14 heavy (non-hydrogen) atoms. The molecule has 0 saturated carbocycles. The highest BCUT2D eigenvalue weighted by molar-refractivity contribution is 8.76. The van der Waals surface area contributed by atoms with Crippen LogP contribution in [-0.2, 0) is 0 Å². The minimum absolute atomic E-state index is 0.733. The smallest absolute Gasteiger partial charge is 0.0221 e. The topological polar surface area (TPSA) is 15.3 Å². The maximum absolute atomic E-state index is 3.62. The lowest BCUT2D eigenvalue weighted by Crippen LogP contribution is -2.47. The minimum Gasteiger partial charge on any atom is -0.312 e. The van der Waals surface area contributed by atoms with Crippen molar-refractivity contribution in [3.05, 3.63) is 0 Å². The summed E-state index contributed by atoms with van der Waals surface area (Å²) in [5, 5.41) is 3.62. The number of hydrogen-bond donors (Lipinski definition) is 1. The normalized spacial score (nSPS) is 32.8. The van der Waals surface area contributed by atoms with Crippen LogP contribution in [0.1, 0.15) is 19.8 Å². The van der Waals surface area contributed by atoms with Gasteiger partial charge >= 0.3 is 0 Å². The molecule has 2 unspecified atom stereocenters. The van der Waals surface area contributed by atoms with Crippen LogP contribution < -0.4 is 5.32 Å². The van der Waals surface area contributed by atoms with Crippen molar-refractivity contribution in [3.63, 3.8) is 0 Å². The highest BCUT2D eigenvalue weighted by Crippen LogP contribution is 2.25. The first kappa shape index (κ1) is 11.1. The molecule has 82 valence electrons. The van der Waals surface area contributed by atoms with Gasteiger partial charge in [0.2, 0.25) is 0 Å². The molecule has 0 aliphatic carbocycles. The summed E-state index contributed by atoms with van der Waals surface area (Å²) in [6.45, 7) is 6.17. The summed E-state index contributed by atoms with van der Waals surface area (Å²) in [4.78, 5) is 2.66. The van der Waals surface area contributed by atoms with E-state index in [1.807, 2.05) is 21.6 Å². The minimum atomic E-state index is 0.733. The largest absolute Gasteiger partial charge is 0.312 e. The third kappa shape index (κ3) is 2.81. The van der Waals surface area contributed by atoms with Crippen LogP contribution in [0.5, 0.6) is 0 Å². The van der Waals surface area contributed by atoms with Crippen molar-refractivity contribution in [2.75, 3.05) is 31.1 Å². The highest BCUT2D eigenvalue weighted by atomic mass is 33.1. The Bertz CT molecular complexity index is 164. The van der Waals surface area contributed by atoms with Gasteiger partial charge in [0.05, 0.1) is 0 Å². The maximum atomic E-state index is 3.62. The molecule has 2 fully saturated rings. The molecule has 0 aromatic carbocycles. The van der Waals surface area contributed by atoms with Gasteiger partial charge in [0.1, 0.15) is 0 Å². The molecule has 2 nitrogen and oxygen atoms in total. The van der Waals surface area contributed by atoms with Gasteiger partial charge in [0, 0.05) is 36.7 Å². The van der Waals surface area contributed by atoms with Crippen LogP contribution in [0, 0.1) is 0 Å². The fraction of sp³-hybridized carbons (Fsp3) is 1.00. The van der Waals surface area contributed by atoms with Crippen molar-refractivity contribution in [1.82, 2.24) is 10.2 Å². The van der Waals surface area contributed by atoms with Crippen molar-refractivity contribution >= 4 is 21.6 Å². The lowest BCUT2D eigenvalue weighted by atomic mass is 10.1. The molecule has 0 bridgehead atoms. The Labute approximate surface area is 95.0 Å². The van der Waals surface area contributed by atoms with Gasteiger partial charge < -0.3 is 5.32 Å². The molecule has 0 amide bonds. The molecule has 0 spiro atoms. The summed E-state index contributed by atoms with van der Waals surface area (Å²) >= 11 is 0. The second-order valence-corrected chi connectivity index (χ2v) is 6.83. The molecular formula is C10H20N2S2. The fourth-order valence-corrected chi connectivity index (χ4v) is 4.33. The third-order valence-corrected chi connectivity index (χ3v) is 5.63. The standard InChI is InChI=1S/C10H20N2S2/c1-9(10-3-2-4-11-10)12-5-7-13-14-8-6-12/h9-11H,2-8H2,1H3. The number of rotatable bonds is 2. The van der Waals surface area contributed by atoms with Crippen molar-refractivity contribution in [1.29, 1.82) is 0 Å². The second kappa shape index (κ2) is 5.64. The molecule has 2 aliphatic heterocycles. The number of hydrogen-bond acceptors (Lipinski definition) is 4. The Morgan fingerprint density at radius 2 is 2.00 bits per heavy atom. The lowest BCUT2D eigenvalue weighted by molar-refractivity contribution is 0.198. The summed E-state index contributed by atoms with van der Waals surface area (Å²) in [6.07, 6.45) is 2.74. The van der Waals surface area contributed by atoms with E-state index >= 15 is 0 Å². The summed E-state index contributed by atoms with van der Waals surface area (Å²) in [7, 11) is 4.07. The zero-order valence-electron chi connectivity index (χ0n) is 8.87. The van der Waals surface area contributed by atoms with Crippen LogP contribution in [0.25, 0.3) is 0 Å². The van der Waals surface area contributed by atoms with E-state index in [0.29, 0.717) is 0 Å². The molecule has 1 N–H and O–H groups in total. The molecule has 4 heteroatoms. The van der Waals surface area contributed by atoms with Gasteiger partial charge in [-0.3, -0.25) is 4.90 Å². The predicted molar refractivity (Wildman–Crippen MR) is 67.0 cm³/mol. The SMILES string of the molecule is CC(C1CCCN1)N1CCSSCC1. The van der Waals surface area contributed by atoms with Crippen LogP contribution in [0.2, 0.25) is 0 Å². The Morgan fingerprint density at radius 3 is 2.57 bits per heavy atom. The fourth-order valence-electron chi connectivity index (χ4n) is 2.32. The summed E-state index contributed by atoms with van der Waals surface area (Å²) < 4.78 is 0. The van der Waals surface area contributed by atoms with Crippen molar-refractivity contribution in [2.24, 2.45) is 0 Å². The summed E-state index contributed by atoms with van der Waals surface area (Å²) in [6, 6.07) is 1.49. The van der Waals surface area contributed by atoms with Gasteiger partial charge in [-0.05, 0) is 26.3 Å². The zero-order chi connectivity index (χ0) is 9.80. The summed E-state index contributed by atoms with van der Waals surface area (Å²) in [5.41, 5.74) is 0. The molecule has 2 aliphatic rings. The van der Waals surface area contributed by atoms with Gasteiger partial charge in [-0.2, -0.15) is 0 Å². The van der Waals surface area contributed by atoms with Crippen molar-refractivity contribution < 1.29 is 0 Å². The molecule has 0 radical (unpaired) electrons. The van der Waals surface area contributed by atoms with Crippen molar-refractivity contribution in [2.45, 2.75) is 31.8 Å². The number of nitrogens with zero attached hydrogens (tertiary/aromatic N) is 1. The third-order valence-electron chi connectivity index (χ3n) is 3.26. The van der Waals surface area contributed by atoms with Crippen LogP contribution >= 0.6 is 21.6 Å². The molecule has 2 saturated heterocycles. The van der Waals surface area contributed by atoms with Crippen molar-refractivity contribution in [3.8, 4) is 0 Å². The van der Waals surface area contributed by atoms with E-state index in [9.17, 15) is 0 Å². The molecule has 2 rings (SSSR count). The quantitative estimate of drug-likeness (QED) is 0.730. The molecule has 0 aromatic heterocycles. The Hall–Kier alpha value is 0.620. The first-order valence-corrected chi connectivity index (χ1v) is 8.08. The van der Waals surface area contributed by atoms with Crippen LogP contribution in [0.3, 0.4) is 0 Å². The Kier molecular flexibility index (Phi) is 4.47. The van der Waals surface area contributed by atoms with E-state index in [2.05, 4.69) is 17.1 Å². The molecular weight excluding hydrogens is 212 g/mol. The van der Waals surface area contributed by atoms with Crippen LogP contribution in [0.4, 0.5) is 0 Å². The molecule has 2 heterocycles. The zero-order valence-corrected chi connectivity index (χ0v) is 10.5. The van der Waals surface area contributed by atoms with E-state index in [1.54, 1.807) is 0 Å². The first-order valence-electron chi connectivity index (χ1n) is 5.60. The van der Waals surface area contributed by atoms with E-state index in [4.69, 9.17) is 0 Å². The van der Waals surface area contributed by atoms with E-state index in [0.717, 1.165) is 12.1 Å². The van der Waals surface area contributed by atoms with E-state index < -0.39 is 0 Å². The second-order valence-electron chi connectivity index (χ2n) is 4.12. The average molecular weight is 232 g/mol. The lowest BCUT2D eigenvalue weighted by Gasteiger charge is -2.31. The molecule has 0 aromatic rings. The summed E-state index contributed by atoms with van der Waals surface area (Å²) in [5.74, 6) is 2.59. The Balaban J connectivity index is 1.84. The van der Waals surface area contributed by atoms with Gasteiger partial charge in [-0.25, -0.2) is 0 Å². The van der Waals surface area contributed by atoms with Gasteiger partial charge in [-0.1, -0.05) is 21.6 Å². The average Bonchev–Trinajstić information content (AvgIpc) is 2.59. The van der Waals surface area contributed by atoms with Crippen LogP contribution in [-0.4, -0.2) is 48.1 Å². The number of nitrogens with one attached hydrogen (secondary N) is 1. The van der Waals surface area contributed by atoms with Gasteiger partial charge in [0.15, 0.2) is 0 Å². The van der Waals surface area contributed by atoms with E-state index in [1.165, 1.54) is 44.0 Å². The highest BCUT2D eigenvalue weighted by Gasteiger charge is 2.26. The predicted octanol–water partition coefficient (Wildman–Crippen LogP) is 1.82. The first-order chi connectivity index (χ1) is 6.88. The van der Waals surface area contributed by atoms with Gasteiger partial charge in [0.25, 0.3) is 0 Å². The Morgan fingerprint density at radius 1 is 1.29 bits per heavy atom. The monoisotopic (exact) mass is 232 g/mol. The van der Waals surface area contributed by atoms with E-state index in [-0.39, 0.29) is 0 Å². The molecule has 2 atom stereocenters. The van der Waals surface area contributed by atoms with Crippen LogP contribution in [0.15, 0.2) is 0 Å². The van der Waals surface area contributed by atoms with Gasteiger partial charge in [-0.15, -0.1) is 0 Å². The maximum Gasteiger partial charge on any atom is 0.0221 e.